The van der Waals surface area contributed by atoms with Gasteiger partial charge in [-0.3, -0.25) is 0 Å². The third kappa shape index (κ3) is 4.23. The van der Waals surface area contributed by atoms with Crippen LogP contribution in [0.1, 0.15) is 26.3 Å². The van der Waals surface area contributed by atoms with Crippen molar-refractivity contribution in [3.05, 3.63) is 29.6 Å². The van der Waals surface area contributed by atoms with Crippen LogP contribution in [0.5, 0.6) is 0 Å². The van der Waals surface area contributed by atoms with Gasteiger partial charge in [-0.1, -0.05) is 12.2 Å². The van der Waals surface area contributed by atoms with E-state index in [0.29, 0.717) is 18.8 Å². The summed E-state index contributed by atoms with van der Waals surface area (Å²) in [5.74, 6) is -0.415. The first-order valence-electron chi connectivity index (χ1n) is 5.83. The molecule has 1 aromatic carbocycles. The van der Waals surface area contributed by atoms with Crippen LogP contribution >= 0.6 is 12.2 Å². The van der Waals surface area contributed by atoms with Gasteiger partial charge in [0, 0.05) is 24.4 Å². The Kier molecular flexibility index (Phi) is 5.04. The molecule has 1 rings (SSSR count). The van der Waals surface area contributed by atoms with E-state index in [1.165, 1.54) is 6.07 Å². The lowest BCUT2D eigenvalue weighted by Gasteiger charge is -2.25. The molecule has 0 amide bonds. The summed E-state index contributed by atoms with van der Waals surface area (Å²) in [6.45, 7) is 7.13. The lowest BCUT2D eigenvalue weighted by molar-refractivity contribution is 0.000693. The van der Waals surface area contributed by atoms with Crippen molar-refractivity contribution in [2.45, 2.75) is 26.4 Å². The Morgan fingerprint density at radius 3 is 2.67 bits per heavy atom. The van der Waals surface area contributed by atoms with E-state index >= 15 is 0 Å². The molecule has 1 aromatic rings. The number of benzene rings is 1. The third-order valence-electron chi connectivity index (χ3n) is 2.49. The largest absolute Gasteiger partial charge is 0.389 e. The quantitative estimate of drug-likeness (QED) is 0.780. The molecule has 0 aliphatic heterocycles. The fourth-order valence-electron chi connectivity index (χ4n) is 1.58. The summed E-state index contributed by atoms with van der Waals surface area (Å²) >= 11 is 4.75. The molecule has 0 aliphatic carbocycles. The van der Waals surface area contributed by atoms with Crippen LogP contribution in [0.25, 0.3) is 0 Å². The standard InChI is InChI=1S/C13H19FN2OS/c1-4-17-13(2,3)8-16-9-5-6-10(12(15)18)11(14)7-9/h5-7,16H,4,8H2,1-3H3,(H2,15,18). The fourth-order valence-corrected chi connectivity index (χ4v) is 1.75. The minimum atomic E-state index is -0.415. The predicted octanol–water partition coefficient (Wildman–Crippen LogP) is 2.69. The topological polar surface area (TPSA) is 47.3 Å². The molecule has 3 nitrogen and oxygen atoms in total. The van der Waals surface area contributed by atoms with Crippen LogP contribution in [0.2, 0.25) is 0 Å². The van der Waals surface area contributed by atoms with Crippen molar-refractivity contribution in [3.8, 4) is 0 Å². The van der Waals surface area contributed by atoms with Gasteiger partial charge in [-0.25, -0.2) is 4.39 Å². The summed E-state index contributed by atoms with van der Waals surface area (Å²) in [7, 11) is 0. The highest BCUT2D eigenvalue weighted by Crippen LogP contribution is 2.16. The number of ether oxygens (including phenoxy) is 1. The maximum absolute atomic E-state index is 13.6. The highest BCUT2D eigenvalue weighted by molar-refractivity contribution is 7.80. The number of nitrogens with one attached hydrogen (secondary N) is 1. The van der Waals surface area contributed by atoms with E-state index < -0.39 is 5.82 Å². The minimum Gasteiger partial charge on any atom is -0.389 e. The zero-order chi connectivity index (χ0) is 13.8. The number of rotatable bonds is 6. The van der Waals surface area contributed by atoms with E-state index in [-0.39, 0.29) is 16.2 Å². The Labute approximate surface area is 113 Å². The number of nitrogens with two attached hydrogens (primary N) is 1. The highest BCUT2D eigenvalue weighted by atomic mass is 32.1. The van der Waals surface area contributed by atoms with E-state index in [1.807, 2.05) is 20.8 Å². The van der Waals surface area contributed by atoms with Gasteiger partial charge < -0.3 is 15.8 Å². The summed E-state index contributed by atoms with van der Waals surface area (Å²) in [5.41, 5.74) is 6.04. The average molecular weight is 270 g/mol. The Balaban J connectivity index is 2.70. The summed E-state index contributed by atoms with van der Waals surface area (Å²) in [6.07, 6.45) is 0. The number of thiocarbonyl (C=S) groups is 1. The minimum absolute atomic E-state index is 0.0636. The molecule has 0 saturated heterocycles. The van der Waals surface area contributed by atoms with Crippen LogP contribution in [-0.4, -0.2) is 23.7 Å². The molecule has 100 valence electrons. The molecule has 3 N–H and O–H groups in total. The maximum Gasteiger partial charge on any atom is 0.135 e. The molecule has 5 heteroatoms. The van der Waals surface area contributed by atoms with E-state index in [0.717, 1.165) is 0 Å². The summed E-state index contributed by atoms with van der Waals surface area (Å²) in [5, 5.41) is 3.13. The van der Waals surface area contributed by atoms with Gasteiger partial charge in [-0.2, -0.15) is 0 Å². The second-order valence-corrected chi connectivity index (χ2v) is 5.04. The SMILES string of the molecule is CCOC(C)(C)CNc1ccc(C(N)=S)c(F)c1. The van der Waals surface area contributed by atoms with Crippen LogP contribution in [0.15, 0.2) is 18.2 Å². The maximum atomic E-state index is 13.6. The Morgan fingerprint density at radius 1 is 1.50 bits per heavy atom. The van der Waals surface area contributed by atoms with Gasteiger partial charge in [0.15, 0.2) is 0 Å². The molecular weight excluding hydrogens is 251 g/mol. The smallest absolute Gasteiger partial charge is 0.135 e. The van der Waals surface area contributed by atoms with Gasteiger partial charge in [-0.15, -0.1) is 0 Å². The molecule has 0 radical (unpaired) electrons. The molecule has 0 spiro atoms. The first-order valence-corrected chi connectivity index (χ1v) is 6.24. The predicted molar refractivity (Wildman–Crippen MR) is 76.5 cm³/mol. The van der Waals surface area contributed by atoms with E-state index in [2.05, 4.69) is 5.32 Å². The molecule has 0 atom stereocenters. The first-order chi connectivity index (χ1) is 8.35. The van der Waals surface area contributed by atoms with Crippen LogP contribution in [0.4, 0.5) is 10.1 Å². The van der Waals surface area contributed by atoms with E-state index in [4.69, 9.17) is 22.7 Å². The Bertz CT molecular complexity index is 435. The Hall–Kier alpha value is -1.20. The van der Waals surface area contributed by atoms with Gasteiger partial charge in [0.25, 0.3) is 0 Å². The van der Waals surface area contributed by atoms with Crippen molar-refractivity contribution >= 4 is 22.9 Å². The fraction of sp³-hybridized carbons (Fsp3) is 0.462. The van der Waals surface area contributed by atoms with Crippen molar-refractivity contribution in [2.75, 3.05) is 18.5 Å². The zero-order valence-electron chi connectivity index (χ0n) is 10.9. The van der Waals surface area contributed by atoms with Crippen LogP contribution in [0.3, 0.4) is 0 Å². The number of hydrogen-bond acceptors (Lipinski definition) is 3. The third-order valence-corrected chi connectivity index (χ3v) is 2.71. The second-order valence-electron chi connectivity index (χ2n) is 4.61. The van der Waals surface area contributed by atoms with Crippen LogP contribution in [0, 0.1) is 5.82 Å². The van der Waals surface area contributed by atoms with E-state index in [9.17, 15) is 4.39 Å². The lowest BCUT2D eigenvalue weighted by Crippen LogP contribution is -2.33. The summed E-state index contributed by atoms with van der Waals surface area (Å²) in [6, 6.07) is 4.71. The highest BCUT2D eigenvalue weighted by Gasteiger charge is 2.17. The van der Waals surface area contributed by atoms with Gasteiger partial charge in [0.1, 0.15) is 10.8 Å². The molecule has 0 unspecified atom stereocenters. The van der Waals surface area contributed by atoms with Gasteiger partial charge >= 0.3 is 0 Å². The first kappa shape index (κ1) is 14.9. The molecule has 0 saturated carbocycles. The molecule has 0 heterocycles. The van der Waals surface area contributed by atoms with Gasteiger partial charge in [0.2, 0.25) is 0 Å². The van der Waals surface area contributed by atoms with Crippen LogP contribution < -0.4 is 11.1 Å². The second kappa shape index (κ2) is 6.11. The zero-order valence-corrected chi connectivity index (χ0v) is 11.7. The summed E-state index contributed by atoms with van der Waals surface area (Å²) < 4.78 is 19.2. The summed E-state index contributed by atoms with van der Waals surface area (Å²) in [4.78, 5) is 0.0636. The average Bonchev–Trinajstić information content (AvgIpc) is 2.26. The molecular formula is C13H19FN2OS. The van der Waals surface area contributed by atoms with Crippen molar-refractivity contribution < 1.29 is 9.13 Å². The Morgan fingerprint density at radius 2 is 2.17 bits per heavy atom. The van der Waals surface area contributed by atoms with Crippen LogP contribution in [-0.2, 0) is 4.74 Å². The van der Waals surface area contributed by atoms with Gasteiger partial charge in [-0.05, 0) is 39.0 Å². The number of halogens is 1. The van der Waals surface area contributed by atoms with Crippen molar-refractivity contribution in [3.63, 3.8) is 0 Å². The normalized spacial score (nSPS) is 11.3. The molecule has 0 bridgehead atoms. The monoisotopic (exact) mass is 270 g/mol. The molecule has 18 heavy (non-hydrogen) atoms. The molecule has 0 aliphatic rings. The molecule has 0 aromatic heterocycles. The lowest BCUT2D eigenvalue weighted by atomic mass is 10.1. The van der Waals surface area contributed by atoms with Crippen molar-refractivity contribution in [2.24, 2.45) is 5.73 Å². The van der Waals surface area contributed by atoms with Gasteiger partial charge in [0.05, 0.1) is 5.60 Å². The molecule has 0 fully saturated rings. The van der Waals surface area contributed by atoms with E-state index in [1.54, 1.807) is 12.1 Å². The van der Waals surface area contributed by atoms with Crippen molar-refractivity contribution in [1.82, 2.24) is 0 Å². The van der Waals surface area contributed by atoms with Crippen molar-refractivity contribution in [1.29, 1.82) is 0 Å². The number of hydrogen-bond donors (Lipinski definition) is 2. The number of anilines is 1.